The second-order valence-corrected chi connectivity index (χ2v) is 6.86. The van der Waals surface area contributed by atoms with Crippen LogP contribution in [0.4, 0.5) is 14.3 Å². The molecule has 7 nitrogen and oxygen atoms in total. The standard InChI is InChI=1S/C17H17FN4O3S/c1-3-12-9-26-15(19-12)20-13(23)8-22-14(24)17(2,21-16(22)25)10-4-6-11(18)7-5-10/h4-7,9H,3,8H2,1-2H3,(H,21,25)(H,19,20,23). The number of benzene rings is 1. The number of anilines is 1. The van der Waals surface area contributed by atoms with Gasteiger partial charge in [0.25, 0.3) is 5.91 Å². The third kappa shape index (κ3) is 3.30. The largest absolute Gasteiger partial charge is 0.325 e. The molecule has 1 aromatic carbocycles. The van der Waals surface area contributed by atoms with Crippen molar-refractivity contribution in [2.75, 3.05) is 11.9 Å². The Hall–Kier alpha value is -2.81. The molecule has 2 N–H and O–H groups in total. The van der Waals surface area contributed by atoms with E-state index in [4.69, 9.17) is 0 Å². The van der Waals surface area contributed by atoms with Crippen molar-refractivity contribution in [2.24, 2.45) is 0 Å². The number of urea groups is 1. The van der Waals surface area contributed by atoms with Crippen LogP contribution < -0.4 is 10.6 Å². The molecule has 136 valence electrons. The highest BCUT2D eigenvalue weighted by Crippen LogP contribution is 2.29. The summed E-state index contributed by atoms with van der Waals surface area (Å²) >= 11 is 1.28. The summed E-state index contributed by atoms with van der Waals surface area (Å²) in [6, 6.07) is 4.61. The number of hydrogen-bond acceptors (Lipinski definition) is 5. The third-order valence-electron chi connectivity index (χ3n) is 4.16. The molecule has 4 amide bonds. The molecular formula is C17H17FN4O3S. The Balaban J connectivity index is 1.72. The molecule has 1 aliphatic heterocycles. The van der Waals surface area contributed by atoms with Gasteiger partial charge < -0.3 is 10.6 Å². The van der Waals surface area contributed by atoms with Crippen LogP contribution in [0.3, 0.4) is 0 Å². The molecule has 1 aromatic heterocycles. The SMILES string of the molecule is CCc1csc(NC(=O)CN2C(=O)NC(C)(c3ccc(F)cc3)C2=O)n1. The van der Waals surface area contributed by atoms with Gasteiger partial charge in [0.1, 0.15) is 17.9 Å². The molecule has 1 unspecified atom stereocenters. The molecule has 2 heterocycles. The van der Waals surface area contributed by atoms with Crippen molar-refractivity contribution in [3.63, 3.8) is 0 Å². The lowest BCUT2D eigenvalue weighted by molar-refractivity contribution is -0.133. The summed E-state index contributed by atoms with van der Waals surface area (Å²) in [5, 5.41) is 7.40. The van der Waals surface area contributed by atoms with E-state index < -0.39 is 35.7 Å². The van der Waals surface area contributed by atoms with Gasteiger partial charge in [0.15, 0.2) is 5.13 Å². The lowest BCUT2D eigenvalue weighted by atomic mass is 9.92. The highest BCUT2D eigenvalue weighted by atomic mass is 32.1. The smallest absolute Gasteiger partial charge is 0.319 e. The lowest BCUT2D eigenvalue weighted by Crippen LogP contribution is -2.42. The predicted octanol–water partition coefficient (Wildman–Crippen LogP) is 2.25. The van der Waals surface area contributed by atoms with Gasteiger partial charge in [0.05, 0.1) is 5.69 Å². The molecule has 2 aromatic rings. The van der Waals surface area contributed by atoms with E-state index in [0.29, 0.717) is 10.7 Å². The Labute approximate surface area is 153 Å². The fourth-order valence-electron chi connectivity index (χ4n) is 2.65. The number of aromatic nitrogens is 1. The number of imide groups is 1. The van der Waals surface area contributed by atoms with Crippen LogP contribution in [0.1, 0.15) is 25.1 Å². The first-order chi connectivity index (χ1) is 12.3. The molecule has 0 spiro atoms. The minimum absolute atomic E-state index is 0.417. The first-order valence-electron chi connectivity index (χ1n) is 7.98. The zero-order chi connectivity index (χ0) is 18.9. The average Bonchev–Trinajstić information content (AvgIpc) is 3.14. The Morgan fingerprint density at radius 1 is 1.35 bits per heavy atom. The van der Waals surface area contributed by atoms with E-state index in [0.717, 1.165) is 17.0 Å². The maximum Gasteiger partial charge on any atom is 0.325 e. The molecule has 1 atom stereocenters. The van der Waals surface area contributed by atoms with E-state index >= 15 is 0 Å². The number of amides is 4. The summed E-state index contributed by atoms with van der Waals surface area (Å²) in [5.41, 5.74) is -0.0569. The molecule has 0 bridgehead atoms. The van der Waals surface area contributed by atoms with Gasteiger partial charge in [-0.2, -0.15) is 0 Å². The van der Waals surface area contributed by atoms with Crippen molar-refractivity contribution < 1.29 is 18.8 Å². The number of nitrogens with zero attached hydrogens (tertiary/aromatic N) is 2. The van der Waals surface area contributed by atoms with Crippen LogP contribution in [0.15, 0.2) is 29.6 Å². The van der Waals surface area contributed by atoms with Crippen molar-refractivity contribution >= 4 is 34.3 Å². The lowest BCUT2D eigenvalue weighted by Gasteiger charge is -2.22. The number of nitrogens with one attached hydrogen (secondary N) is 2. The second-order valence-electron chi connectivity index (χ2n) is 6.00. The summed E-state index contributed by atoms with van der Waals surface area (Å²) in [6.45, 7) is 3.04. The van der Waals surface area contributed by atoms with Crippen LogP contribution in [-0.2, 0) is 21.5 Å². The fourth-order valence-corrected chi connectivity index (χ4v) is 3.46. The first kappa shape index (κ1) is 18.0. The third-order valence-corrected chi connectivity index (χ3v) is 4.97. The predicted molar refractivity (Wildman–Crippen MR) is 94.1 cm³/mol. The monoisotopic (exact) mass is 376 g/mol. The Morgan fingerprint density at radius 2 is 2.04 bits per heavy atom. The van der Waals surface area contributed by atoms with Gasteiger partial charge in [-0.1, -0.05) is 19.1 Å². The minimum atomic E-state index is -1.35. The van der Waals surface area contributed by atoms with Gasteiger partial charge in [-0.25, -0.2) is 14.2 Å². The van der Waals surface area contributed by atoms with Crippen LogP contribution in [-0.4, -0.2) is 34.3 Å². The summed E-state index contributed by atoms with van der Waals surface area (Å²) in [6.07, 6.45) is 0.745. The van der Waals surface area contributed by atoms with Gasteiger partial charge >= 0.3 is 6.03 Å². The Morgan fingerprint density at radius 3 is 2.65 bits per heavy atom. The van der Waals surface area contributed by atoms with Crippen molar-refractivity contribution in [3.8, 4) is 0 Å². The number of rotatable bonds is 5. The number of aryl methyl sites for hydroxylation is 1. The number of carbonyl (C=O) groups is 3. The Bertz CT molecular complexity index is 867. The summed E-state index contributed by atoms with van der Waals surface area (Å²) < 4.78 is 13.1. The number of thiazole rings is 1. The van der Waals surface area contributed by atoms with Gasteiger partial charge in [-0.05, 0) is 31.0 Å². The van der Waals surface area contributed by atoms with Crippen molar-refractivity contribution in [1.82, 2.24) is 15.2 Å². The van der Waals surface area contributed by atoms with E-state index in [2.05, 4.69) is 15.6 Å². The maximum absolute atomic E-state index is 13.1. The van der Waals surface area contributed by atoms with Crippen LogP contribution in [0.2, 0.25) is 0 Å². The zero-order valence-corrected chi connectivity index (χ0v) is 15.0. The molecule has 26 heavy (non-hydrogen) atoms. The molecular weight excluding hydrogens is 359 g/mol. The number of halogens is 1. The topological polar surface area (TPSA) is 91.4 Å². The van der Waals surface area contributed by atoms with Gasteiger partial charge in [0, 0.05) is 5.38 Å². The molecule has 1 saturated heterocycles. The molecule has 1 aliphatic rings. The van der Waals surface area contributed by atoms with Gasteiger partial charge in [-0.3, -0.25) is 14.5 Å². The van der Waals surface area contributed by atoms with Crippen molar-refractivity contribution in [1.29, 1.82) is 0 Å². The molecule has 1 fully saturated rings. The highest BCUT2D eigenvalue weighted by molar-refractivity contribution is 7.13. The van der Waals surface area contributed by atoms with Crippen LogP contribution in [0.25, 0.3) is 0 Å². The Kier molecular flexibility index (Phi) is 4.73. The zero-order valence-electron chi connectivity index (χ0n) is 14.2. The van der Waals surface area contributed by atoms with Gasteiger partial charge in [-0.15, -0.1) is 11.3 Å². The van der Waals surface area contributed by atoms with E-state index in [1.54, 1.807) is 0 Å². The molecule has 0 radical (unpaired) electrons. The summed E-state index contributed by atoms with van der Waals surface area (Å²) in [5.74, 6) is -1.54. The minimum Gasteiger partial charge on any atom is -0.319 e. The molecule has 0 saturated carbocycles. The van der Waals surface area contributed by atoms with Crippen LogP contribution >= 0.6 is 11.3 Å². The maximum atomic E-state index is 13.1. The van der Waals surface area contributed by atoms with Crippen molar-refractivity contribution in [2.45, 2.75) is 25.8 Å². The van der Waals surface area contributed by atoms with E-state index in [-0.39, 0.29) is 0 Å². The summed E-state index contributed by atoms with van der Waals surface area (Å²) in [4.78, 5) is 42.2. The molecule has 3 rings (SSSR count). The highest BCUT2D eigenvalue weighted by Gasteiger charge is 2.49. The van der Waals surface area contributed by atoms with E-state index in [1.165, 1.54) is 42.5 Å². The number of hydrogen-bond donors (Lipinski definition) is 2. The molecule has 0 aliphatic carbocycles. The summed E-state index contributed by atoms with van der Waals surface area (Å²) in [7, 11) is 0. The van der Waals surface area contributed by atoms with Crippen LogP contribution in [0.5, 0.6) is 0 Å². The second kappa shape index (κ2) is 6.83. The normalized spacial score (nSPS) is 19.6. The van der Waals surface area contributed by atoms with E-state index in [9.17, 15) is 18.8 Å². The van der Waals surface area contributed by atoms with Crippen molar-refractivity contribution in [3.05, 3.63) is 46.7 Å². The van der Waals surface area contributed by atoms with E-state index in [1.807, 2.05) is 12.3 Å². The average molecular weight is 376 g/mol. The fraction of sp³-hybridized carbons (Fsp3) is 0.294. The number of carbonyl (C=O) groups excluding carboxylic acids is 3. The van der Waals surface area contributed by atoms with Gasteiger partial charge in [0.2, 0.25) is 5.91 Å². The first-order valence-corrected chi connectivity index (χ1v) is 8.86. The quantitative estimate of drug-likeness (QED) is 0.783. The van der Waals surface area contributed by atoms with Crippen LogP contribution in [0, 0.1) is 5.82 Å². The molecule has 9 heteroatoms.